The number of pyridine rings is 1. The molecule has 1 amide bonds. The summed E-state index contributed by atoms with van der Waals surface area (Å²) in [4.78, 5) is 37.1. The van der Waals surface area contributed by atoms with Crippen LogP contribution in [0, 0.1) is 5.92 Å². The summed E-state index contributed by atoms with van der Waals surface area (Å²) in [5.41, 5.74) is 10.4. The summed E-state index contributed by atoms with van der Waals surface area (Å²) in [5, 5.41) is 11.9. The lowest BCUT2D eigenvalue weighted by Crippen LogP contribution is -2.32. The SMILES string of the molecule is CC(CCCC(=O)Nc1ccc2ncc(-c3ccc(C[C@H](N)C(=O)O)cc3)nc2n1)CCCc1ccccc1. The molecule has 0 aliphatic rings. The van der Waals surface area contributed by atoms with Crippen molar-refractivity contribution in [3.63, 3.8) is 0 Å². The Kier molecular flexibility index (Phi) is 9.69. The Bertz CT molecular complexity index is 1390. The van der Waals surface area contributed by atoms with Crippen LogP contribution in [0.1, 0.15) is 50.2 Å². The van der Waals surface area contributed by atoms with Gasteiger partial charge in [0.25, 0.3) is 0 Å². The summed E-state index contributed by atoms with van der Waals surface area (Å²) in [7, 11) is 0. The van der Waals surface area contributed by atoms with Crippen molar-refractivity contribution in [1.82, 2.24) is 15.0 Å². The van der Waals surface area contributed by atoms with Crippen LogP contribution in [0.15, 0.2) is 72.9 Å². The normalized spacial score (nSPS) is 12.7. The van der Waals surface area contributed by atoms with Crippen molar-refractivity contribution >= 4 is 28.9 Å². The first-order chi connectivity index (χ1) is 18.9. The molecule has 39 heavy (non-hydrogen) atoms. The topological polar surface area (TPSA) is 131 Å². The highest BCUT2D eigenvalue weighted by Gasteiger charge is 2.13. The van der Waals surface area contributed by atoms with Crippen LogP contribution in [0.4, 0.5) is 5.82 Å². The van der Waals surface area contributed by atoms with Gasteiger partial charge in [0.15, 0.2) is 5.65 Å². The number of benzene rings is 2. The molecular formula is C31H35N5O3. The average molecular weight is 526 g/mol. The van der Waals surface area contributed by atoms with Gasteiger partial charge in [0.05, 0.1) is 11.9 Å². The van der Waals surface area contributed by atoms with E-state index in [1.165, 1.54) is 5.56 Å². The van der Waals surface area contributed by atoms with Gasteiger partial charge in [-0.1, -0.05) is 74.4 Å². The first kappa shape index (κ1) is 27.9. The first-order valence-corrected chi connectivity index (χ1v) is 13.4. The number of fused-ring (bicyclic) bond motifs is 1. The van der Waals surface area contributed by atoms with E-state index in [0.29, 0.717) is 35.0 Å². The lowest BCUT2D eigenvalue weighted by Gasteiger charge is -2.11. The Hall–Kier alpha value is -4.17. The molecule has 2 aromatic heterocycles. The lowest BCUT2D eigenvalue weighted by molar-refractivity contribution is -0.138. The first-order valence-electron chi connectivity index (χ1n) is 13.4. The fourth-order valence-corrected chi connectivity index (χ4v) is 4.52. The average Bonchev–Trinajstić information content (AvgIpc) is 2.93. The highest BCUT2D eigenvalue weighted by molar-refractivity contribution is 5.90. The Balaban J connectivity index is 1.27. The van der Waals surface area contributed by atoms with E-state index < -0.39 is 12.0 Å². The summed E-state index contributed by atoms with van der Waals surface area (Å²) < 4.78 is 0. The summed E-state index contributed by atoms with van der Waals surface area (Å²) >= 11 is 0. The summed E-state index contributed by atoms with van der Waals surface area (Å²) in [6, 6.07) is 20.5. The van der Waals surface area contributed by atoms with Gasteiger partial charge < -0.3 is 16.2 Å². The molecule has 1 unspecified atom stereocenters. The molecule has 0 radical (unpaired) electrons. The minimum atomic E-state index is -1.03. The number of hydrogen-bond donors (Lipinski definition) is 3. The fourth-order valence-electron chi connectivity index (χ4n) is 4.52. The van der Waals surface area contributed by atoms with Crippen LogP contribution in [0.25, 0.3) is 22.4 Å². The van der Waals surface area contributed by atoms with Crippen molar-refractivity contribution in [2.45, 2.75) is 57.9 Å². The number of aliphatic carboxylic acids is 1. The zero-order valence-corrected chi connectivity index (χ0v) is 22.2. The molecule has 2 atom stereocenters. The van der Waals surface area contributed by atoms with Crippen molar-refractivity contribution < 1.29 is 14.7 Å². The Labute approximate surface area is 228 Å². The van der Waals surface area contributed by atoms with E-state index in [2.05, 4.69) is 51.5 Å². The van der Waals surface area contributed by atoms with Gasteiger partial charge in [0.1, 0.15) is 17.4 Å². The van der Waals surface area contributed by atoms with E-state index in [-0.39, 0.29) is 12.3 Å². The molecule has 8 heteroatoms. The number of hydrogen-bond acceptors (Lipinski definition) is 6. The number of aromatic nitrogens is 3. The van der Waals surface area contributed by atoms with Crippen molar-refractivity contribution in [2.75, 3.05) is 5.32 Å². The minimum absolute atomic E-state index is 0.0578. The van der Waals surface area contributed by atoms with Crippen molar-refractivity contribution in [2.24, 2.45) is 11.7 Å². The maximum absolute atomic E-state index is 12.5. The quantitative estimate of drug-likeness (QED) is 0.213. The second kappa shape index (κ2) is 13.6. The third kappa shape index (κ3) is 8.41. The third-order valence-corrected chi connectivity index (χ3v) is 6.80. The number of carboxylic acids is 1. The number of amides is 1. The highest BCUT2D eigenvalue weighted by atomic mass is 16.4. The fraction of sp³-hybridized carbons (Fsp3) is 0.323. The summed E-state index contributed by atoms with van der Waals surface area (Å²) in [6.07, 6.45) is 7.63. The Morgan fingerprint density at radius 3 is 2.41 bits per heavy atom. The molecule has 0 fully saturated rings. The standard InChI is InChI=1S/C31H35N5O3/c1-21(7-5-11-22-9-3-2-4-10-22)8-6-12-29(37)35-28-18-17-26-30(36-28)34-27(20-33-26)24-15-13-23(14-16-24)19-25(32)31(38)39/h2-4,9-10,13-18,20-21,25H,5-8,11-12,19,32H2,1H3,(H,38,39)(H,34,35,36,37)/t21?,25-/m0/s1. The van der Waals surface area contributed by atoms with Gasteiger partial charge in [-0.15, -0.1) is 0 Å². The molecule has 0 bridgehead atoms. The van der Waals surface area contributed by atoms with Gasteiger partial charge in [-0.05, 0) is 54.9 Å². The zero-order chi connectivity index (χ0) is 27.6. The molecule has 0 saturated carbocycles. The van der Waals surface area contributed by atoms with Gasteiger partial charge >= 0.3 is 5.97 Å². The van der Waals surface area contributed by atoms with Crippen LogP contribution >= 0.6 is 0 Å². The van der Waals surface area contributed by atoms with Gasteiger partial charge in [0.2, 0.25) is 5.91 Å². The van der Waals surface area contributed by atoms with Gasteiger partial charge in [0, 0.05) is 12.0 Å². The van der Waals surface area contributed by atoms with Crippen LogP contribution in [0.5, 0.6) is 0 Å². The van der Waals surface area contributed by atoms with Crippen molar-refractivity contribution in [3.05, 3.63) is 84.1 Å². The maximum atomic E-state index is 12.5. The smallest absolute Gasteiger partial charge is 0.320 e. The van der Waals surface area contributed by atoms with Crippen LogP contribution in [0.2, 0.25) is 0 Å². The van der Waals surface area contributed by atoms with E-state index in [4.69, 9.17) is 10.8 Å². The number of carbonyl (C=O) groups excluding carboxylic acids is 1. The third-order valence-electron chi connectivity index (χ3n) is 6.80. The molecule has 4 aromatic rings. The second-order valence-electron chi connectivity index (χ2n) is 10.1. The largest absolute Gasteiger partial charge is 0.480 e. The monoisotopic (exact) mass is 525 g/mol. The number of nitrogens with one attached hydrogen (secondary N) is 1. The van der Waals surface area contributed by atoms with Gasteiger partial charge in [-0.3, -0.25) is 14.6 Å². The molecular weight excluding hydrogens is 490 g/mol. The van der Waals surface area contributed by atoms with Crippen molar-refractivity contribution in [1.29, 1.82) is 0 Å². The number of carboxylic acid groups (broad SMARTS) is 1. The Morgan fingerprint density at radius 2 is 1.67 bits per heavy atom. The van der Waals surface area contributed by atoms with E-state index in [9.17, 15) is 9.59 Å². The number of carbonyl (C=O) groups is 2. The lowest BCUT2D eigenvalue weighted by atomic mass is 9.96. The number of aryl methyl sites for hydroxylation is 1. The number of rotatable bonds is 13. The van der Waals surface area contributed by atoms with Crippen LogP contribution in [-0.4, -0.2) is 38.0 Å². The Morgan fingerprint density at radius 1 is 0.923 bits per heavy atom. The van der Waals surface area contributed by atoms with E-state index in [1.54, 1.807) is 18.3 Å². The molecule has 2 heterocycles. The molecule has 2 aromatic carbocycles. The van der Waals surface area contributed by atoms with Crippen molar-refractivity contribution in [3.8, 4) is 11.3 Å². The summed E-state index contributed by atoms with van der Waals surface area (Å²) in [6.45, 7) is 2.25. The molecule has 0 spiro atoms. The predicted octanol–water partition coefficient (Wildman–Crippen LogP) is 5.41. The van der Waals surface area contributed by atoms with Crippen LogP contribution in [0.3, 0.4) is 0 Å². The number of nitrogens with zero attached hydrogens (tertiary/aromatic N) is 3. The van der Waals surface area contributed by atoms with Gasteiger partial charge in [-0.2, -0.15) is 0 Å². The van der Waals surface area contributed by atoms with E-state index in [0.717, 1.165) is 43.2 Å². The second-order valence-corrected chi connectivity index (χ2v) is 10.1. The molecule has 0 aliphatic carbocycles. The van der Waals surface area contributed by atoms with E-state index >= 15 is 0 Å². The molecule has 0 aliphatic heterocycles. The molecule has 202 valence electrons. The molecule has 0 saturated heterocycles. The predicted molar refractivity (Wildman–Crippen MR) is 153 cm³/mol. The number of anilines is 1. The molecule has 8 nitrogen and oxygen atoms in total. The highest BCUT2D eigenvalue weighted by Crippen LogP contribution is 2.21. The molecule has 4 N–H and O–H groups in total. The zero-order valence-electron chi connectivity index (χ0n) is 22.2. The van der Waals surface area contributed by atoms with E-state index in [1.807, 2.05) is 30.3 Å². The van der Waals surface area contributed by atoms with Crippen LogP contribution < -0.4 is 11.1 Å². The van der Waals surface area contributed by atoms with Gasteiger partial charge in [-0.25, -0.2) is 9.97 Å². The summed E-state index contributed by atoms with van der Waals surface area (Å²) in [5.74, 6) is -0.0556. The number of nitrogens with two attached hydrogens (primary N) is 1. The minimum Gasteiger partial charge on any atom is -0.480 e. The molecule has 4 rings (SSSR count). The maximum Gasteiger partial charge on any atom is 0.320 e. The van der Waals surface area contributed by atoms with Crippen LogP contribution in [-0.2, 0) is 22.4 Å².